The van der Waals surface area contributed by atoms with Crippen LogP contribution in [0, 0.1) is 18.3 Å². The van der Waals surface area contributed by atoms with Gasteiger partial charge in [0.15, 0.2) is 0 Å². The highest BCUT2D eigenvalue weighted by molar-refractivity contribution is 5.59. The molecule has 1 N–H and O–H groups in total. The number of nitrogens with zero attached hydrogens (tertiary/aromatic N) is 2. The summed E-state index contributed by atoms with van der Waals surface area (Å²) in [6.07, 6.45) is 3.58. The van der Waals surface area contributed by atoms with Crippen LogP contribution >= 0.6 is 0 Å². The summed E-state index contributed by atoms with van der Waals surface area (Å²) in [5.74, 6) is 0. The predicted molar refractivity (Wildman–Crippen MR) is 72.2 cm³/mol. The van der Waals surface area contributed by atoms with E-state index in [0.717, 1.165) is 16.8 Å². The second-order valence-corrected chi connectivity index (χ2v) is 4.31. The number of hydrogen-bond donors (Lipinski definition) is 1. The number of benzene rings is 1. The summed E-state index contributed by atoms with van der Waals surface area (Å²) in [6.45, 7) is 4.03. The van der Waals surface area contributed by atoms with Gasteiger partial charge in [0.05, 0.1) is 17.3 Å². The van der Waals surface area contributed by atoms with Crippen LogP contribution in [0.2, 0.25) is 0 Å². The molecular weight excluding hydrogens is 222 g/mol. The zero-order chi connectivity index (χ0) is 13.0. The summed E-state index contributed by atoms with van der Waals surface area (Å²) < 4.78 is 0. The molecule has 0 fully saturated rings. The summed E-state index contributed by atoms with van der Waals surface area (Å²) >= 11 is 0. The van der Waals surface area contributed by atoms with Gasteiger partial charge in [0.25, 0.3) is 0 Å². The van der Waals surface area contributed by atoms with Crippen molar-refractivity contribution in [2.75, 3.05) is 5.32 Å². The average Bonchev–Trinajstić information content (AvgIpc) is 2.41. The van der Waals surface area contributed by atoms with Gasteiger partial charge in [0.2, 0.25) is 0 Å². The van der Waals surface area contributed by atoms with Crippen LogP contribution in [-0.4, -0.2) is 4.98 Å². The van der Waals surface area contributed by atoms with Gasteiger partial charge < -0.3 is 5.32 Å². The first-order valence-corrected chi connectivity index (χ1v) is 5.88. The van der Waals surface area contributed by atoms with Crippen molar-refractivity contribution < 1.29 is 0 Å². The summed E-state index contributed by atoms with van der Waals surface area (Å²) in [6, 6.07) is 12.1. The van der Waals surface area contributed by atoms with Crippen LogP contribution in [0.3, 0.4) is 0 Å². The van der Waals surface area contributed by atoms with E-state index >= 15 is 0 Å². The maximum atomic E-state index is 9.12. The van der Waals surface area contributed by atoms with Crippen molar-refractivity contribution in [1.29, 1.82) is 5.26 Å². The average molecular weight is 237 g/mol. The lowest BCUT2D eigenvalue weighted by molar-refractivity contribution is 0.875. The zero-order valence-corrected chi connectivity index (χ0v) is 10.5. The maximum Gasteiger partial charge on any atom is 0.101 e. The normalized spacial score (nSPS) is 11.6. The molecule has 0 aliphatic carbocycles. The van der Waals surface area contributed by atoms with Crippen molar-refractivity contribution in [1.82, 2.24) is 4.98 Å². The van der Waals surface area contributed by atoms with E-state index < -0.39 is 0 Å². The van der Waals surface area contributed by atoms with Crippen molar-refractivity contribution in [3.05, 3.63) is 59.4 Å². The minimum Gasteiger partial charge on any atom is -0.377 e. The fourth-order valence-electron chi connectivity index (χ4n) is 1.83. The zero-order valence-electron chi connectivity index (χ0n) is 10.5. The molecule has 0 saturated carbocycles. The van der Waals surface area contributed by atoms with E-state index in [1.54, 1.807) is 6.20 Å². The number of anilines is 1. The Bertz CT molecular complexity index is 570. The summed E-state index contributed by atoms with van der Waals surface area (Å²) in [5, 5.41) is 12.5. The van der Waals surface area contributed by atoms with Gasteiger partial charge in [0.1, 0.15) is 6.07 Å². The Hall–Kier alpha value is -2.34. The van der Waals surface area contributed by atoms with Crippen molar-refractivity contribution in [3.63, 3.8) is 0 Å². The third-order valence-corrected chi connectivity index (χ3v) is 2.85. The lowest BCUT2D eigenvalue weighted by atomic mass is 10.1. The van der Waals surface area contributed by atoms with E-state index in [1.807, 2.05) is 43.5 Å². The second kappa shape index (κ2) is 5.33. The molecule has 1 aromatic carbocycles. The van der Waals surface area contributed by atoms with Crippen LogP contribution in [0.5, 0.6) is 0 Å². The molecule has 0 aliphatic heterocycles. The highest BCUT2D eigenvalue weighted by Gasteiger charge is 2.08. The molecule has 0 radical (unpaired) electrons. The van der Waals surface area contributed by atoms with Crippen LogP contribution in [0.15, 0.2) is 42.7 Å². The van der Waals surface area contributed by atoms with Crippen LogP contribution in [-0.2, 0) is 0 Å². The molecule has 90 valence electrons. The fraction of sp³-hybridized carbons (Fsp3) is 0.200. The van der Waals surface area contributed by atoms with Crippen molar-refractivity contribution >= 4 is 5.69 Å². The Morgan fingerprint density at radius 3 is 2.83 bits per heavy atom. The minimum absolute atomic E-state index is 0.119. The smallest absolute Gasteiger partial charge is 0.101 e. The molecule has 3 nitrogen and oxygen atoms in total. The first kappa shape index (κ1) is 12.1. The van der Waals surface area contributed by atoms with Gasteiger partial charge in [-0.25, -0.2) is 0 Å². The van der Waals surface area contributed by atoms with E-state index in [9.17, 15) is 0 Å². The quantitative estimate of drug-likeness (QED) is 0.889. The molecule has 1 atom stereocenters. The van der Waals surface area contributed by atoms with Gasteiger partial charge in [-0.2, -0.15) is 5.26 Å². The van der Waals surface area contributed by atoms with Gasteiger partial charge in [-0.1, -0.05) is 12.1 Å². The largest absolute Gasteiger partial charge is 0.377 e. The van der Waals surface area contributed by atoms with Crippen molar-refractivity contribution in [2.24, 2.45) is 0 Å². The lowest BCUT2D eigenvalue weighted by Gasteiger charge is -2.16. The van der Waals surface area contributed by atoms with Crippen LogP contribution in [0.25, 0.3) is 0 Å². The Morgan fingerprint density at radius 1 is 1.33 bits per heavy atom. The summed E-state index contributed by atoms with van der Waals surface area (Å²) in [5.41, 5.74) is 3.72. The van der Waals surface area contributed by atoms with Crippen molar-refractivity contribution in [3.8, 4) is 6.07 Å². The number of hydrogen-bond acceptors (Lipinski definition) is 3. The first-order chi connectivity index (χ1) is 8.70. The molecule has 0 aliphatic rings. The topological polar surface area (TPSA) is 48.7 Å². The number of pyridine rings is 1. The Balaban J connectivity index is 2.22. The van der Waals surface area contributed by atoms with Gasteiger partial charge in [-0.3, -0.25) is 4.98 Å². The van der Waals surface area contributed by atoms with E-state index in [0.29, 0.717) is 5.56 Å². The molecule has 18 heavy (non-hydrogen) atoms. The fourth-order valence-corrected chi connectivity index (χ4v) is 1.83. The van der Waals surface area contributed by atoms with Gasteiger partial charge >= 0.3 is 0 Å². The molecule has 0 bridgehead atoms. The molecule has 3 heteroatoms. The molecule has 0 saturated heterocycles. The SMILES string of the molecule is Cc1ccc(NC(C)c2cccnc2)c(C#N)c1. The lowest BCUT2D eigenvalue weighted by Crippen LogP contribution is -2.08. The number of aromatic nitrogens is 1. The summed E-state index contributed by atoms with van der Waals surface area (Å²) in [4.78, 5) is 4.10. The Labute approximate surface area is 107 Å². The molecular formula is C15H15N3. The third-order valence-electron chi connectivity index (χ3n) is 2.85. The molecule has 2 aromatic rings. The van der Waals surface area contributed by atoms with Crippen LogP contribution < -0.4 is 5.32 Å². The van der Waals surface area contributed by atoms with Crippen molar-refractivity contribution in [2.45, 2.75) is 19.9 Å². The third kappa shape index (κ3) is 2.67. The Kier molecular flexibility index (Phi) is 3.59. The van der Waals surface area contributed by atoms with Gasteiger partial charge in [-0.15, -0.1) is 0 Å². The maximum absolute atomic E-state index is 9.12. The van der Waals surface area contributed by atoms with E-state index in [4.69, 9.17) is 5.26 Å². The van der Waals surface area contributed by atoms with Gasteiger partial charge in [0, 0.05) is 12.4 Å². The molecule has 2 rings (SSSR count). The number of nitrogens with one attached hydrogen (secondary N) is 1. The minimum atomic E-state index is 0.119. The van der Waals surface area contributed by atoms with E-state index in [-0.39, 0.29) is 6.04 Å². The standard InChI is InChI=1S/C15H15N3/c1-11-5-6-15(14(8-11)9-16)18-12(2)13-4-3-7-17-10-13/h3-8,10,12,18H,1-2H3. The monoisotopic (exact) mass is 237 g/mol. The number of nitriles is 1. The highest BCUT2D eigenvalue weighted by Crippen LogP contribution is 2.22. The second-order valence-electron chi connectivity index (χ2n) is 4.31. The Morgan fingerprint density at radius 2 is 2.17 bits per heavy atom. The predicted octanol–water partition coefficient (Wildman–Crippen LogP) is 3.43. The molecule has 1 heterocycles. The number of rotatable bonds is 3. The number of aryl methyl sites for hydroxylation is 1. The highest BCUT2D eigenvalue weighted by atomic mass is 14.9. The molecule has 1 unspecified atom stereocenters. The summed E-state index contributed by atoms with van der Waals surface area (Å²) in [7, 11) is 0. The van der Waals surface area contributed by atoms with E-state index in [1.165, 1.54) is 0 Å². The van der Waals surface area contributed by atoms with Crippen LogP contribution in [0.1, 0.15) is 29.7 Å². The molecule has 0 amide bonds. The van der Waals surface area contributed by atoms with Crippen LogP contribution in [0.4, 0.5) is 5.69 Å². The molecule has 0 spiro atoms. The van der Waals surface area contributed by atoms with E-state index in [2.05, 4.69) is 23.3 Å². The first-order valence-electron chi connectivity index (χ1n) is 5.88. The molecule has 1 aromatic heterocycles. The van der Waals surface area contributed by atoms with Gasteiger partial charge in [-0.05, 0) is 43.2 Å².